The van der Waals surface area contributed by atoms with Gasteiger partial charge in [-0.2, -0.15) is 0 Å². The molecule has 2 aromatic heterocycles. The lowest BCUT2D eigenvalue weighted by molar-refractivity contribution is -0.120. The van der Waals surface area contributed by atoms with Crippen LogP contribution >= 0.6 is 0 Å². The lowest BCUT2D eigenvalue weighted by Gasteiger charge is -2.33. The number of benzene rings is 1. The molecule has 1 atom stereocenters. The first-order chi connectivity index (χ1) is 13.4. The van der Waals surface area contributed by atoms with Crippen LogP contribution in [-0.4, -0.2) is 29.0 Å². The van der Waals surface area contributed by atoms with Gasteiger partial charge in [0, 0.05) is 24.3 Å². The monoisotopic (exact) mass is 378 g/mol. The SMILES string of the molecule is Cc1ccc(C)c(NC(=O)[C@H]2CCCN(c3ncnc4oc(C)c(C)c34)C2)c1. The van der Waals surface area contributed by atoms with Crippen LogP contribution in [0.2, 0.25) is 0 Å². The highest BCUT2D eigenvalue weighted by molar-refractivity contribution is 5.94. The molecule has 0 unspecified atom stereocenters. The van der Waals surface area contributed by atoms with Crippen molar-refractivity contribution in [3.05, 3.63) is 47.0 Å². The molecular weight excluding hydrogens is 352 g/mol. The Morgan fingerprint density at radius 1 is 1.21 bits per heavy atom. The van der Waals surface area contributed by atoms with Crippen LogP contribution in [0.25, 0.3) is 11.1 Å². The first-order valence-electron chi connectivity index (χ1n) is 9.78. The Morgan fingerprint density at radius 3 is 2.86 bits per heavy atom. The third-order valence-electron chi connectivity index (χ3n) is 5.69. The van der Waals surface area contributed by atoms with E-state index in [-0.39, 0.29) is 11.8 Å². The van der Waals surface area contributed by atoms with Crippen molar-refractivity contribution in [3.63, 3.8) is 0 Å². The molecule has 6 heteroatoms. The summed E-state index contributed by atoms with van der Waals surface area (Å²) in [7, 11) is 0. The fraction of sp³-hybridized carbons (Fsp3) is 0.409. The highest BCUT2D eigenvalue weighted by Gasteiger charge is 2.29. The summed E-state index contributed by atoms with van der Waals surface area (Å²) in [6.45, 7) is 9.55. The average Bonchev–Trinajstić information content (AvgIpc) is 2.99. The maximum atomic E-state index is 13.0. The number of fused-ring (bicyclic) bond motifs is 1. The minimum Gasteiger partial charge on any atom is -0.443 e. The predicted octanol–water partition coefficient (Wildman–Crippen LogP) is 4.31. The summed E-state index contributed by atoms with van der Waals surface area (Å²) >= 11 is 0. The number of hydrogen-bond acceptors (Lipinski definition) is 5. The standard InChI is InChI=1S/C22H26N4O2/c1-13-7-8-14(2)18(10-13)25-21(27)17-6-5-9-26(11-17)20-19-15(3)16(4)28-22(19)24-12-23-20/h7-8,10,12,17H,5-6,9,11H2,1-4H3,(H,25,27)/t17-/m0/s1. The molecule has 1 N–H and O–H groups in total. The number of nitrogens with zero attached hydrogens (tertiary/aromatic N) is 3. The van der Waals surface area contributed by atoms with Gasteiger partial charge in [-0.3, -0.25) is 4.79 Å². The van der Waals surface area contributed by atoms with Gasteiger partial charge in [0.05, 0.1) is 11.3 Å². The molecule has 1 fully saturated rings. The predicted molar refractivity (Wildman–Crippen MR) is 111 cm³/mol. The number of carbonyl (C=O) groups is 1. The zero-order valence-corrected chi connectivity index (χ0v) is 16.9. The molecule has 3 heterocycles. The lowest BCUT2D eigenvalue weighted by Crippen LogP contribution is -2.41. The van der Waals surface area contributed by atoms with Crippen LogP contribution in [0.1, 0.15) is 35.3 Å². The first-order valence-corrected chi connectivity index (χ1v) is 9.78. The summed E-state index contributed by atoms with van der Waals surface area (Å²) in [4.78, 5) is 23.9. The number of rotatable bonds is 3. The molecule has 0 bridgehead atoms. The van der Waals surface area contributed by atoms with E-state index in [1.54, 1.807) is 6.33 Å². The van der Waals surface area contributed by atoms with Gasteiger partial charge in [0.2, 0.25) is 11.6 Å². The zero-order valence-electron chi connectivity index (χ0n) is 16.9. The third kappa shape index (κ3) is 3.35. The second kappa shape index (κ2) is 7.26. The normalized spacial score (nSPS) is 17.1. The molecule has 1 aliphatic rings. The molecule has 1 aromatic carbocycles. The Balaban J connectivity index is 1.57. The summed E-state index contributed by atoms with van der Waals surface area (Å²) in [5, 5.41) is 4.08. The average molecular weight is 378 g/mol. The first kappa shape index (κ1) is 18.5. The Morgan fingerprint density at radius 2 is 2.04 bits per heavy atom. The van der Waals surface area contributed by atoms with Gasteiger partial charge in [0.25, 0.3) is 0 Å². The molecule has 6 nitrogen and oxygen atoms in total. The fourth-order valence-corrected chi connectivity index (χ4v) is 3.89. The number of piperidine rings is 1. The minimum absolute atomic E-state index is 0.0730. The van der Waals surface area contributed by atoms with Crippen LogP contribution < -0.4 is 10.2 Å². The highest BCUT2D eigenvalue weighted by Crippen LogP contribution is 2.33. The Hall–Kier alpha value is -2.89. The number of furan rings is 1. The van der Waals surface area contributed by atoms with Crippen LogP contribution in [-0.2, 0) is 4.79 Å². The smallest absolute Gasteiger partial charge is 0.231 e. The number of hydrogen-bond donors (Lipinski definition) is 1. The van der Waals surface area contributed by atoms with Crippen molar-refractivity contribution in [1.29, 1.82) is 0 Å². The summed E-state index contributed by atoms with van der Waals surface area (Å²) in [6, 6.07) is 6.13. The number of nitrogens with one attached hydrogen (secondary N) is 1. The van der Waals surface area contributed by atoms with Crippen molar-refractivity contribution in [2.24, 2.45) is 5.92 Å². The number of anilines is 2. The van der Waals surface area contributed by atoms with Gasteiger partial charge in [-0.05, 0) is 57.7 Å². The molecule has 146 valence electrons. The van der Waals surface area contributed by atoms with Crippen molar-refractivity contribution in [2.75, 3.05) is 23.3 Å². The van der Waals surface area contributed by atoms with Gasteiger partial charge < -0.3 is 14.6 Å². The van der Waals surface area contributed by atoms with Crippen LogP contribution in [0.4, 0.5) is 11.5 Å². The molecule has 0 radical (unpaired) electrons. The van der Waals surface area contributed by atoms with Crippen molar-refractivity contribution < 1.29 is 9.21 Å². The van der Waals surface area contributed by atoms with Gasteiger partial charge in [-0.1, -0.05) is 12.1 Å². The van der Waals surface area contributed by atoms with Crippen LogP contribution in [0.3, 0.4) is 0 Å². The van der Waals surface area contributed by atoms with Gasteiger partial charge in [0.15, 0.2) is 0 Å². The fourth-order valence-electron chi connectivity index (χ4n) is 3.89. The summed E-state index contributed by atoms with van der Waals surface area (Å²) in [5.74, 6) is 1.72. The largest absolute Gasteiger partial charge is 0.443 e. The van der Waals surface area contributed by atoms with E-state index in [2.05, 4.69) is 26.3 Å². The van der Waals surface area contributed by atoms with Gasteiger partial charge in [-0.15, -0.1) is 0 Å². The molecule has 1 amide bonds. The van der Waals surface area contributed by atoms with E-state index in [0.717, 1.165) is 58.7 Å². The Kier molecular flexibility index (Phi) is 4.79. The van der Waals surface area contributed by atoms with E-state index < -0.39 is 0 Å². The van der Waals surface area contributed by atoms with Crippen molar-refractivity contribution in [3.8, 4) is 0 Å². The molecule has 28 heavy (non-hydrogen) atoms. The second-order valence-electron chi connectivity index (χ2n) is 7.75. The van der Waals surface area contributed by atoms with Gasteiger partial charge in [-0.25, -0.2) is 9.97 Å². The molecule has 1 saturated heterocycles. The van der Waals surface area contributed by atoms with E-state index in [9.17, 15) is 4.79 Å². The zero-order chi connectivity index (χ0) is 19.8. The molecular formula is C22H26N4O2. The molecule has 3 aromatic rings. The summed E-state index contributed by atoms with van der Waals surface area (Å²) in [5.41, 5.74) is 4.79. The Bertz CT molecular complexity index is 1040. The van der Waals surface area contributed by atoms with Crippen molar-refractivity contribution >= 4 is 28.5 Å². The molecule has 0 aliphatic carbocycles. The van der Waals surface area contributed by atoms with Crippen LogP contribution in [0, 0.1) is 33.6 Å². The van der Waals surface area contributed by atoms with E-state index >= 15 is 0 Å². The number of carbonyl (C=O) groups excluding carboxylic acids is 1. The van der Waals surface area contributed by atoms with E-state index in [1.807, 2.05) is 39.8 Å². The van der Waals surface area contributed by atoms with E-state index in [1.165, 1.54) is 0 Å². The summed E-state index contributed by atoms with van der Waals surface area (Å²) < 4.78 is 5.75. The van der Waals surface area contributed by atoms with Crippen molar-refractivity contribution in [1.82, 2.24) is 9.97 Å². The van der Waals surface area contributed by atoms with Crippen molar-refractivity contribution in [2.45, 2.75) is 40.5 Å². The number of aryl methyl sites for hydroxylation is 4. The molecule has 1 aliphatic heterocycles. The van der Waals surface area contributed by atoms with Gasteiger partial charge in [0.1, 0.15) is 17.9 Å². The summed E-state index contributed by atoms with van der Waals surface area (Å²) in [6.07, 6.45) is 3.37. The highest BCUT2D eigenvalue weighted by atomic mass is 16.3. The maximum absolute atomic E-state index is 13.0. The molecule has 0 spiro atoms. The second-order valence-corrected chi connectivity index (χ2v) is 7.75. The lowest BCUT2D eigenvalue weighted by atomic mass is 9.96. The topological polar surface area (TPSA) is 71.3 Å². The maximum Gasteiger partial charge on any atom is 0.231 e. The van der Waals surface area contributed by atoms with Crippen LogP contribution in [0.5, 0.6) is 0 Å². The minimum atomic E-state index is -0.0769. The quantitative estimate of drug-likeness (QED) is 0.735. The van der Waals surface area contributed by atoms with Crippen LogP contribution in [0.15, 0.2) is 28.9 Å². The Labute approximate surface area is 165 Å². The number of aromatic nitrogens is 2. The number of amides is 1. The molecule has 4 rings (SSSR count). The third-order valence-corrected chi connectivity index (χ3v) is 5.69. The molecule has 0 saturated carbocycles. The van der Waals surface area contributed by atoms with E-state index in [4.69, 9.17) is 4.42 Å². The van der Waals surface area contributed by atoms with Gasteiger partial charge >= 0.3 is 0 Å². The van der Waals surface area contributed by atoms with E-state index in [0.29, 0.717) is 12.3 Å².